The summed E-state index contributed by atoms with van der Waals surface area (Å²) in [6.07, 6.45) is 8.80. The summed E-state index contributed by atoms with van der Waals surface area (Å²) in [4.78, 5) is 0. The largest absolute Gasteiger partial charge is 0.0882 e. The molecular weight excluding hydrogens is 120 g/mol. The molecule has 0 N–H and O–H groups in total. The van der Waals surface area contributed by atoms with Crippen LogP contribution < -0.4 is 0 Å². The predicted octanol–water partition coefficient (Wildman–Crippen LogP) is 3.39. The highest BCUT2D eigenvalue weighted by molar-refractivity contribution is 4.97. The molecule has 0 aromatic carbocycles. The SMILES string of the molecule is CC(C)(C)[C@@H]1C=CCCC1. The minimum Gasteiger partial charge on any atom is -0.0882 e. The minimum absolute atomic E-state index is 0.483. The molecule has 0 unspecified atom stereocenters. The highest BCUT2D eigenvalue weighted by atomic mass is 14.3. The van der Waals surface area contributed by atoms with Gasteiger partial charge < -0.3 is 0 Å². The van der Waals surface area contributed by atoms with Crippen molar-refractivity contribution in [3.05, 3.63) is 12.2 Å². The monoisotopic (exact) mass is 138 g/mol. The molecule has 0 bridgehead atoms. The molecular formula is C10H18. The van der Waals surface area contributed by atoms with Gasteiger partial charge >= 0.3 is 0 Å². The van der Waals surface area contributed by atoms with Crippen molar-refractivity contribution in [3.63, 3.8) is 0 Å². The van der Waals surface area contributed by atoms with Gasteiger partial charge in [-0.25, -0.2) is 0 Å². The molecule has 0 aliphatic heterocycles. The van der Waals surface area contributed by atoms with Crippen LogP contribution in [0.1, 0.15) is 40.0 Å². The Morgan fingerprint density at radius 1 is 1.30 bits per heavy atom. The summed E-state index contributed by atoms with van der Waals surface area (Å²) >= 11 is 0. The van der Waals surface area contributed by atoms with Crippen LogP contribution in [0.2, 0.25) is 0 Å². The van der Waals surface area contributed by atoms with E-state index in [4.69, 9.17) is 0 Å². The predicted molar refractivity (Wildman–Crippen MR) is 45.9 cm³/mol. The topological polar surface area (TPSA) is 0 Å². The van der Waals surface area contributed by atoms with Crippen molar-refractivity contribution in [3.8, 4) is 0 Å². The first kappa shape index (κ1) is 7.84. The van der Waals surface area contributed by atoms with Crippen molar-refractivity contribution in [1.82, 2.24) is 0 Å². The molecule has 0 spiro atoms. The van der Waals surface area contributed by atoms with Crippen molar-refractivity contribution in [2.45, 2.75) is 40.0 Å². The van der Waals surface area contributed by atoms with E-state index in [0.717, 1.165) is 5.92 Å². The average molecular weight is 138 g/mol. The van der Waals surface area contributed by atoms with Gasteiger partial charge in [-0.2, -0.15) is 0 Å². The van der Waals surface area contributed by atoms with Gasteiger partial charge in [-0.3, -0.25) is 0 Å². The van der Waals surface area contributed by atoms with E-state index in [1.54, 1.807) is 0 Å². The highest BCUT2D eigenvalue weighted by Crippen LogP contribution is 2.33. The molecule has 0 heterocycles. The molecule has 0 radical (unpaired) electrons. The molecule has 0 aromatic heterocycles. The van der Waals surface area contributed by atoms with E-state index in [1.165, 1.54) is 19.3 Å². The lowest BCUT2D eigenvalue weighted by Gasteiger charge is -2.30. The van der Waals surface area contributed by atoms with E-state index >= 15 is 0 Å². The first-order valence-electron chi connectivity index (χ1n) is 4.27. The zero-order valence-corrected chi connectivity index (χ0v) is 7.35. The lowest BCUT2D eigenvalue weighted by Crippen LogP contribution is -2.19. The maximum Gasteiger partial charge on any atom is -0.0185 e. The van der Waals surface area contributed by atoms with Gasteiger partial charge in [0.05, 0.1) is 0 Å². The zero-order chi connectivity index (χ0) is 7.61. The lowest BCUT2D eigenvalue weighted by atomic mass is 9.76. The molecule has 58 valence electrons. The fraction of sp³-hybridized carbons (Fsp3) is 0.800. The molecule has 1 atom stereocenters. The van der Waals surface area contributed by atoms with Gasteiger partial charge in [-0.05, 0) is 30.6 Å². The Morgan fingerprint density at radius 3 is 2.30 bits per heavy atom. The molecule has 0 nitrogen and oxygen atoms in total. The molecule has 1 rings (SSSR count). The smallest absolute Gasteiger partial charge is 0.0185 e. The molecule has 0 amide bonds. The summed E-state index contributed by atoms with van der Waals surface area (Å²) in [6, 6.07) is 0. The van der Waals surface area contributed by atoms with Crippen LogP contribution >= 0.6 is 0 Å². The Labute approximate surface area is 64.3 Å². The second-order valence-corrected chi connectivity index (χ2v) is 4.33. The van der Waals surface area contributed by atoms with Gasteiger partial charge in [0.15, 0.2) is 0 Å². The van der Waals surface area contributed by atoms with Gasteiger partial charge in [0.25, 0.3) is 0 Å². The molecule has 0 fully saturated rings. The standard InChI is InChI=1S/C10H18/c1-10(2,3)9-7-5-4-6-8-9/h5,7,9H,4,6,8H2,1-3H3/t9-/m1/s1. The molecule has 0 saturated heterocycles. The average Bonchev–Trinajstić information content (AvgIpc) is 1.88. The van der Waals surface area contributed by atoms with Crippen LogP contribution in [0.3, 0.4) is 0 Å². The fourth-order valence-electron chi connectivity index (χ4n) is 1.53. The quantitative estimate of drug-likeness (QED) is 0.450. The minimum atomic E-state index is 0.483. The molecule has 0 aromatic rings. The number of rotatable bonds is 0. The first-order valence-corrected chi connectivity index (χ1v) is 4.27. The van der Waals surface area contributed by atoms with Gasteiger partial charge in [0.2, 0.25) is 0 Å². The van der Waals surface area contributed by atoms with Crippen molar-refractivity contribution in [2.75, 3.05) is 0 Å². The Bertz CT molecular complexity index is 125. The zero-order valence-electron chi connectivity index (χ0n) is 7.35. The Morgan fingerprint density at radius 2 is 2.00 bits per heavy atom. The number of allylic oxidation sites excluding steroid dienone is 2. The summed E-state index contributed by atoms with van der Waals surface area (Å²) in [5.41, 5.74) is 0.483. The van der Waals surface area contributed by atoms with Crippen LogP contribution in [0.5, 0.6) is 0 Å². The van der Waals surface area contributed by atoms with Crippen LogP contribution in [0, 0.1) is 11.3 Å². The Balaban J connectivity index is 2.55. The third-order valence-corrected chi connectivity index (χ3v) is 2.37. The molecule has 0 heteroatoms. The van der Waals surface area contributed by atoms with Crippen LogP contribution in [-0.4, -0.2) is 0 Å². The summed E-state index contributed by atoms with van der Waals surface area (Å²) in [5.74, 6) is 0.821. The van der Waals surface area contributed by atoms with Gasteiger partial charge in [-0.15, -0.1) is 0 Å². The van der Waals surface area contributed by atoms with Crippen molar-refractivity contribution >= 4 is 0 Å². The maximum absolute atomic E-state index is 2.39. The maximum atomic E-state index is 2.39. The van der Waals surface area contributed by atoms with Crippen molar-refractivity contribution in [1.29, 1.82) is 0 Å². The van der Waals surface area contributed by atoms with E-state index < -0.39 is 0 Å². The molecule has 1 aliphatic carbocycles. The van der Waals surface area contributed by atoms with E-state index in [2.05, 4.69) is 32.9 Å². The van der Waals surface area contributed by atoms with E-state index in [1.807, 2.05) is 0 Å². The van der Waals surface area contributed by atoms with Crippen LogP contribution in [0.4, 0.5) is 0 Å². The fourth-order valence-corrected chi connectivity index (χ4v) is 1.53. The van der Waals surface area contributed by atoms with Crippen LogP contribution in [0.15, 0.2) is 12.2 Å². The molecule has 10 heavy (non-hydrogen) atoms. The number of hydrogen-bond donors (Lipinski definition) is 0. The van der Waals surface area contributed by atoms with Gasteiger partial charge in [0.1, 0.15) is 0 Å². The summed E-state index contributed by atoms with van der Waals surface area (Å²) in [7, 11) is 0. The highest BCUT2D eigenvalue weighted by Gasteiger charge is 2.22. The van der Waals surface area contributed by atoms with Gasteiger partial charge in [-0.1, -0.05) is 32.9 Å². The third kappa shape index (κ3) is 1.86. The normalized spacial score (nSPS) is 26.9. The lowest BCUT2D eigenvalue weighted by molar-refractivity contribution is 0.267. The van der Waals surface area contributed by atoms with E-state index in [0.29, 0.717) is 5.41 Å². The molecule has 0 saturated carbocycles. The van der Waals surface area contributed by atoms with Crippen LogP contribution in [-0.2, 0) is 0 Å². The Hall–Kier alpha value is -0.260. The summed E-state index contributed by atoms with van der Waals surface area (Å²) < 4.78 is 0. The first-order chi connectivity index (χ1) is 4.61. The van der Waals surface area contributed by atoms with Crippen molar-refractivity contribution in [2.24, 2.45) is 11.3 Å². The van der Waals surface area contributed by atoms with E-state index in [-0.39, 0.29) is 0 Å². The Kier molecular flexibility index (Phi) is 2.18. The van der Waals surface area contributed by atoms with E-state index in [9.17, 15) is 0 Å². The number of hydrogen-bond acceptors (Lipinski definition) is 0. The second-order valence-electron chi connectivity index (χ2n) is 4.33. The summed E-state index contributed by atoms with van der Waals surface area (Å²) in [5, 5.41) is 0. The summed E-state index contributed by atoms with van der Waals surface area (Å²) in [6.45, 7) is 6.98. The molecule has 1 aliphatic rings. The van der Waals surface area contributed by atoms with Gasteiger partial charge in [0, 0.05) is 0 Å². The van der Waals surface area contributed by atoms with Crippen LogP contribution in [0.25, 0.3) is 0 Å². The third-order valence-electron chi connectivity index (χ3n) is 2.37. The second kappa shape index (κ2) is 2.77. The van der Waals surface area contributed by atoms with Crippen molar-refractivity contribution < 1.29 is 0 Å².